The van der Waals surface area contributed by atoms with Crippen LogP contribution < -0.4 is 5.73 Å². The minimum atomic E-state index is -0.0997. The van der Waals surface area contributed by atoms with E-state index in [1.165, 1.54) is 0 Å². The van der Waals surface area contributed by atoms with Gasteiger partial charge in [-0.2, -0.15) is 0 Å². The van der Waals surface area contributed by atoms with Crippen molar-refractivity contribution in [2.24, 2.45) is 5.73 Å². The molecule has 0 aromatic rings. The largest absolute Gasteiger partial charge is 0.466 e. The highest BCUT2D eigenvalue weighted by Crippen LogP contribution is 2.04. The van der Waals surface area contributed by atoms with Crippen LogP contribution in [0.4, 0.5) is 0 Å². The molecule has 0 aromatic carbocycles. The Balaban J connectivity index is 3.51. The van der Waals surface area contributed by atoms with E-state index < -0.39 is 0 Å². The van der Waals surface area contributed by atoms with Crippen LogP contribution in [0.3, 0.4) is 0 Å². The minimum Gasteiger partial charge on any atom is -0.466 e. The number of hydrogen-bond acceptors (Lipinski definition) is 4. The molecule has 1 atom stereocenters. The summed E-state index contributed by atoms with van der Waals surface area (Å²) >= 11 is 4.93. The number of carbonyl (C=O) groups excluding carboxylic acids is 1. The van der Waals surface area contributed by atoms with Crippen LogP contribution in [0.2, 0.25) is 0 Å². The molecule has 0 aliphatic carbocycles. The summed E-state index contributed by atoms with van der Waals surface area (Å²) in [5.74, 6) is -0.0997. The first-order valence-electron chi connectivity index (χ1n) is 6.14. The van der Waals surface area contributed by atoms with Crippen molar-refractivity contribution < 1.29 is 9.53 Å². The molecule has 0 saturated heterocycles. The van der Waals surface area contributed by atoms with E-state index in [9.17, 15) is 4.79 Å². The first kappa shape index (κ1) is 16.3. The molecule has 100 valence electrons. The van der Waals surface area contributed by atoms with Crippen molar-refractivity contribution >= 4 is 23.2 Å². The van der Waals surface area contributed by atoms with Gasteiger partial charge in [0.2, 0.25) is 0 Å². The molecule has 0 amide bonds. The van der Waals surface area contributed by atoms with Crippen molar-refractivity contribution in [2.75, 3.05) is 20.2 Å². The first-order valence-corrected chi connectivity index (χ1v) is 6.55. The number of rotatable bonds is 9. The molecule has 0 saturated carbocycles. The van der Waals surface area contributed by atoms with Gasteiger partial charge in [-0.1, -0.05) is 18.6 Å². The normalized spacial score (nSPS) is 12.5. The van der Waals surface area contributed by atoms with E-state index in [1.807, 2.05) is 20.9 Å². The Bertz CT molecular complexity index is 247. The van der Waals surface area contributed by atoms with Crippen molar-refractivity contribution in [1.82, 2.24) is 4.90 Å². The van der Waals surface area contributed by atoms with E-state index in [2.05, 4.69) is 4.90 Å². The summed E-state index contributed by atoms with van der Waals surface area (Å²) in [4.78, 5) is 13.7. The van der Waals surface area contributed by atoms with Gasteiger partial charge in [-0.15, -0.1) is 0 Å². The monoisotopic (exact) mass is 260 g/mol. The Labute approximate surface area is 109 Å². The van der Waals surface area contributed by atoms with Crippen LogP contribution in [0.1, 0.15) is 39.5 Å². The van der Waals surface area contributed by atoms with Gasteiger partial charge in [0.1, 0.15) is 0 Å². The van der Waals surface area contributed by atoms with E-state index in [1.54, 1.807) is 0 Å². The van der Waals surface area contributed by atoms with Crippen LogP contribution in [0.15, 0.2) is 0 Å². The lowest BCUT2D eigenvalue weighted by atomic mass is 10.2. The molecule has 0 rings (SSSR count). The number of nitrogens with zero attached hydrogens (tertiary/aromatic N) is 1. The van der Waals surface area contributed by atoms with Crippen LogP contribution >= 0.6 is 12.2 Å². The Kier molecular flexibility index (Phi) is 8.99. The summed E-state index contributed by atoms with van der Waals surface area (Å²) in [6.45, 7) is 5.24. The molecule has 5 heteroatoms. The summed E-state index contributed by atoms with van der Waals surface area (Å²) < 4.78 is 4.86. The minimum absolute atomic E-state index is 0.0997. The van der Waals surface area contributed by atoms with Crippen LogP contribution in [0, 0.1) is 0 Å². The van der Waals surface area contributed by atoms with Gasteiger partial charge in [0.05, 0.1) is 17.6 Å². The van der Waals surface area contributed by atoms with Crippen molar-refractivity contribution in [3.63, 3.8) is 0 Å². The zero-order chi connectivity index (χ0) is 13.3. The Morgan fingerprint density at radius 1 is 1.41 bits per heavy atom. The predicted molar refractivity (Wildman–Crippen MR) is 74.0 cm³/mol. The molecule has 0 fully saturated rings. The number of esters is 1. The Morgan fingerprint density at radius 3 is 2.59 bits per heavy atom. The summed E-state index contributed by atoms with van der Waals surface area (Å²) in [6.07, 6.45) is 3.46. The lowest BCUT2D eigenvalue weighted by Crippen LogP contribution is -2.39. The molecule has 0 bridgehead atoms. The molecule has 0 aromatic heterocycles. The topological polar surface area (TPSA) is 55.6 Å². The number of carbonyl (C=O) groups is 1. The highest BCUT2D eigenvalue weighted by atomic mass is 32.1. The molecule has 0 aliphatic rings. The summed E-state index contributed by atoms with van der Waals surface area (Å²) in [6, 6.07) is 0.134. The zero-order valence-electron chi connectivity index (χ0n) is 11.1. The van der Waals surface area contributed by atoms with Crippen LogP contribution in [0.25, 0.3) is 0 Å². The molecule has 2 N–H and O–H groups in total. The number of unbranched alkanes of at least 4 members (excludes halogenated alkanes) is 2. The van der Waals surface area contributed by atoms with Crippen LogP contribution in [-0.4, -0.2) is 42.1 Å². The summed E-state index contributed by atoms with van der Waals surface area (Å²) in [5.41, 5.74) is 5.57. The molecular weight excluding hydrogens is 236 g/mol. The van der Waals surface area contributed by atoms with Gasteiger partial charge >= 0.3 is 5.97 Å². The molecule has 0 heterocycles. The maximum atomic E-state index is 11.1. The van der Waals surface area contributed by atoms with Gasteiger partial charge in [-0.3, -0.25) is 9.69 Å². The lowest BCUT2D eigenvalue weighted by Gasteiger charge is -2.23. The highest BCUT2D eigenvalue weighted by Gasteiger charge is 2.10. The number of ether oxygens (including phenoxy) is 1. The van der Waals surface area contributed by atoms with Crippen molar-refractivity contribution in [2.45, 2.75) is 45.6 Å². The zero-order valence-corrected chi connectivity index (χ0v) is 11.9. The Hall–Kier alpha value is -0.680. The maximum Gasteiger partial charge on any atom is 0.305 e. The third-order valence-corrected chi connectivity index (χ3v) is 3.11. The molecule has 0 spiro atoms. The maximum absolute atomic E-state index is 11.1. The lowest BCUT2D eigenvalue weighted by molar-refractivity contribution is -0.143. The van der Waals surface area contributed by atoms with Gasteiger partial charge in [0, 0.05) is 6.42 Å². The van der Waals surface area contributed by atoms with Gasteiger partial charge in [-0.05, 0) is 40.3 Å². The third-order valence-electron chi connectivity index (χ3n) is 2.77. The fourth-order valence-electron chi connectivity index (χ4n) is 1.45. The number of thiocarbonyl (C=S) groups is 1. The fraction of sp³-hybridized carbons (Fsp3) is 0.833. The van der Waals surface area contributed by atoms with Gasteiger partial charge in [0.25, 0.3) is 0 Å². The summed E-state index contributed by atoms with van der Waals surface area (Å²) in [5, 5.41) is 0. The predicted octanol–water partition coefficient (Wildman–Crippen LogP) is 1.72. The molecule has 1 unspecified atom stereocenters. The number of hydrogen-bond donors (Lipinski definition) is 1. The summed E-state index contributed by atoms with van der Waals surface area (Å²) in [7, 11) is 2.01. The van der Waals surface area contributed by atoms with Gasteiger partial charge in [-0.25, -0.2) is 0 Å². The third kappa shape index (κ3) is 8.10. The van der Waals surface area contributed by atoms with E-state index in [-0.39, 0.29) is 12.0 Å². The average molecular weight is 260 g/mol. The van der Waals surface area contributed by atoms with E-state index in [4.69, 9.17) is 22.7 Å². The van der Waals surface area contributed by atoms with Crippen LogP contribution in [0.5, 0.6) is 0 Å². The molecular formula is C12H24N2O2S. The molecule has 0 radical (unpaired) electrons. The smallest absolute Gasteiger partial charge is 0.305 e. The van der Waals surface area contributed by atoms with Gasteiger partial charge < -0.3 is 10.5 Å². The quantitative estimate of drug-likeness (QED) is 0.388. The number of nitrogens with two attached hydrogens (primary N) is 1. The van der Waals surface area contributed by atoms with E-state index >= 15 is 0 Å². The standard InChI is InChI=1S/C12H24N2O2S/c1-4-16-11(15)8-6-5-7-9-14(3)10(2)12(13)17/h10H,4-9H2,1-3H3,(H2,13,17). The van der Waals surface area contributed by atoms with Crippen LogP contribution in [-0.2, 0) is 9.53 Å². The fourth-order valence-corrected chi connectivity index (χ4v) is 1.63. The SMILES string of the molecule is CCOC(=O)CCCCCN(C)C(C)C(N)=S. The molecule has 4 nitrogen and oxygen atoms in total. The second-order valence-corrected chi connectivity index (χ2v) is 4.65. The van der Waals surface area contributed by atoms with Gasteiger partial charge in [0.15, 0.2) is 0 Å². The first-order chi connectivity index (χ1) is 7.99. The van der Waals surface area contributed by atoms with Crippen molar-refractivity contribution in [1.29, 1.82) is 0 Å². The average Bonchev–Trinajstić information content (AvgIpc) is 2.27. The molecule has 17 heavy (non-hydrogen) atoms. The number of likely N-dealkylation sites (N-methyl/N-ethyl adjacent to an activating group) is 1. The molecule has 0 aliphatic heterocycles. The Morgan fingerprint density at radius 2 is 2.06 bits per heavy atom. The highest BCUT2D eigenvalue weighted by molar-refractivity contribution is 7.80. The second kappa shape index (κ2) is 9.36. The van der Waals surface area contributed by atoms with E-state index in [0.717, 1.165) is 25.8 Å². The second-order valence-electron chi connectivity index (χ2n) is 4.17. The van der Waals surface area contributed by atoms with E-state index in [0.29, 0.717) is 18.0 Å². The van der Waals surface area contributed by atoms with Crippen molar-refractivity contribution in [3.05, 3.63) is 0 Å². The van der Waals surface area contributed by atoms with Crippen molar-refractivity contribution in [3.8, 4) is 0 Å².